The van der Waals surface area contributed by atoms with Gasteiger partial charge in [0.2, 0.25) is 5.91 Å². The smallest absolute Gasteiger partial charge is 0.307 e. The third-order valence-corrected chi connectivity index (χ3v) is 3.79. The molecule has 2 rings (SSSR count). The van der Waals surface area contributed by atoms with Crippen LogP contribution in [0.15, 0.2) is 12.2 Å². The summed E-state index contributed by atoms with van der Waals surface area (Å²) < 4.78 is 0. The molecule has 0 heterocycles. The fourth-order valence-corrected chi connectivity index (χ4v) is 2.76. The van der Waals surface area contributed by atoms with E-state index >= 15 is 0 Å². The van der Waals surface area contributed by atoms with Crippen LogP contribution in [0, 0.1) is 11.8 Å². The molecule has 0 bridgehead atoms. The van der Waals surface area contributed by atoms with Gasteiger partial charge in [-0.25, -0.2) is 0 Å². The molecule has 0 aromatic rings. The lowest BCUT2D eigenvalue weighted by molar-refractivity contribution is -0.147. The summed E-state index contributed by atoms with van der Waals surface area (Å²) in [6.07, 6.45) is 9.19. The maximum absolute atomic E-state index is 12.1. The first kappa shape index (κ1) is 12.1. The van der Waals surface area contributed by atoms with Crippen LogP contribution in [0.3, 0.4) is 0 Å². The molecule has 2 N–H and O–H groups in total. The van der Waals surface area contributed by atoms with Crippen LogP contribution in [-0.2, 0) is 9.59 Å². The normalized spacial score (nSPS) is 29.2. The van der Waals surface area contributed by atoms with Crippen LogP contribution in [0.25, 0.3) is 0 Å². The summed E-state index contributed by atoms with van der Waals surface area (Å²) in [6, 6.07) is 0.267. The minimum atomic E-state index is -0.860. The largest absolute Gasteiger partial charge is 0.481 e. The highest BCUT2D eigenvalue weighted by molar-refractivity contribution is 5.85. The molecule has 4 heteroatoms. The summed E-state index contributed by atoms with van der Waals surface area (Å²) in [6.45, 7) is 0. The lowest BCUT2D eigenvalue weighted by Gasteiger charge is -2.25. The van der Waals surface area contributed by atoms with Crippen LogP contribution < -0.4 is 5.32 Å². The fraction of sp³-hybridized carbons (Fsp3) is 0.692. The van der Waals surface area contributed by atoms with E-state index in [9.17, 15) is 9.59 Å². The fourth-order valence-electron chi connectivity index (χ4n) is 2.76. The molecule has 2 aliphatic carbocycles. The van der Waals surface area contributed by atoms with Gasteiger partial charge in [0.15, 0.2) is 0 Å². The molecule has 1 fully saturated rings. The van der Waals surface area contributed by atoms with Gasteiger partial charge >= 0.3 is 5.97 Å². The van der Waals surface area contributed by atoms with Crippen molar-refractivity contribution in [1.29, 1.82) is 0 Å². The quantitative estimate of drug-likeness (QED) is 0.734. The zero-order valence-corrected chi connectivity index (χ0v) is 9.89. The molecule has 0 radical (unpaired) electrons. The highest BCUT2D eigenvalue weighted by Gasteiger charge is 2.34. The number of nitrogens with one attached hydrogen (secondary N) is 1. The molecule has 0 unspecified atom stereocenters. The summed E-state index contributed by atoms with van der Waals surface area (Å²) in [5.74, 6) is -1.88. The Hall–Kier alpha value is -1.32. The van der Waals surface area contributed by atoms with Crippen molar-refractivity contribution >= 4 is 11.9 Å². The molecule has 94 valence electrons. The average Bonchev–Trinajstić information content (AvgIpc) is 2.81. The number of allylic oxidation sites excluding steroid dienone is 2. The van der Waals surface area contributed by atoms with Gasteiger partial charge in [0.05, 0.1) is 11.8 Å². The molecular formula is C13H19NO3. The summed E-state index contributed by atoms with van der Waals surface area (Å²) in [5.41, 5.74) is 0. The number of amides is 1. The van der Waals surface area contributed by atoms with Crippen LogP contribution in [-0.4, -0.2) is 23.0 Å². The predicted octanol–water partition coefficient (Wildman–Crippen LogP) is 1.71. The van der Waals surface area contributed by atoms with Crippen molar-refractivity contribution in [2.75, 3.05) is 0 Å². The van der Waals surface area contributed by atoms with Crippen molar-refractivity contribution in [2.24, 2.45) is 11.8 Å². The topological polar surface area (TPSA) is 66.4 Å². The highest BCUT2D eigenvalue weighted by atomic mass is 16.4. The molecule has 4 nitrogen and oxygen atoms in total. The number of aliphatic carboxylic acids is 1. The van der Waals surface area contributed by atoms with E-state index in [1.54, 1.807) is 0 Å². The maximum atomic E-state index is 12.1. The van der Waals surface area contributed by atoms with E-state index in [-0.39, 0.29) is 11.9 Å². The number of carboxylic acid groups (broad SMARTS) is 1. The van der Waals surface area contributed by atoms with Gasteiger partial charge in [-0.1, -0.05) is 25.0 Å². The minimum Gasteiger partial charge on any atom is -0.481 e. The van der Waals surface area contributed by atoms with Gasteiger partial charge in [0, 0.05) is 6.04 Å². The van der Waals surface area contributed by atoms with E-state index in [2.05, 4.69) is 5.32 Å². The predicted molar refractivity (Wildman–Crippen MR) is 63.4 cm³/mol. The van der Waals surface area contributed by atoms with E-state index < -0.39 is 17.8 Å². The molecule has 0 aliphatic heterocycles. The molecule has 0 spiro atoms. The molecule has 2 aliphatic rings. The van der Waals surface area contributed by atoms with Gasteiger partial charge in [-0.2, -0.15) is 0 Å². The molecule has 0 saturated heterocycles. The summed E-state index contributed by atoms with van der Waals surface area (Å²) in [7, 11) is 0. The minimum absolute atomic E-state index is 0.0753. The van der Waals surface area contributed by atoms with E-state index in [4.69, 9.17) is 5.11 Å². The van der Waals surface area contributed by atoms with Crippen LogP contribution in [0.1, 0.15) is 38.5 Å². The summed E-state index contributed by atoms with van der Waals surface area (Å²) in [4.78, 5) is 23.2. The Morgan fingerprint density at radius 2 is 1.65 bits per heavy atom. The van der Waals surface area contributed by atoms with E-state index in [1.807, 2.05) is 12.2 Å². The Kier molecular flexibility index (Phi) is 3.82. The molecule has 1 amide bonds. The zero-order chi connectivity index (χ0) is 12.3. The lowest BCUT2D eigenvalue weighted by Crippen LogP contribution is -2.42. The van der Waals surface area contributed by atoms with Crippen LogP contribution >= 0.6 is 0 Å². The van der Waals surface area contributed by atoms with Gasteiger partial charge in [-0.3, -0.25) is 9.59 Å². The second kappa shape index (κ2) is 5.34. The zero-order valence-electron chi connectivity index (χ0n) is 9.89. The molecule has 1 saturated carbocycles. The van der Waals surface area contributed by atoms with Crippen LogP contribution in [0.4, 0.5) is 0 Å². The van der Waals surface area contributed by atoms with Crippen molar-refractivity contribution in [3.63, 3.8) is 0 Å². The molecule has 17 heavy (non-hydrogen) atoms. The number of hydrogen-bond donors (Lipinski definition) is 2. The number of carbonyl (C=O) groups is 2. The number of rotatable bonds is 3. The van der Waals surface area contributed by atoms with E-state index in [0.29, 0.717) is 12.8 Å². The van der Waals surface area contributed by atoms with Gasteiger partial charge in [0.1, 0.15) is 0 Å². The Morgan fingerprint density at radius 1 is 1.06 bits per heavy atom. The van der Waals surface area contributed by atoms with Crippen molar-refractivity contribution in [3.05, 3.63) is 12.2 Å². The first-order valence-corrected chi connectivity index (χ1v) is 6.36. The van der Waals surface area contributed by atoms with Crippen molar-refractivity contribution in [3.8, 4) is 0 Å². The molecular weight excluding hydrogens is 218 g/mol. The lowest BCUT2D eigenvalue weighted by atomic mass is 9.82. The second-order valence-electron chi connectivity index (χ2n) is 4.98. The number of carbonyl (C=O) groups excluding carboxylic acids is 1. The Morgan fingerprint density at radius 3 is 2.24 bits per heavy atom. The van der Waals surface area contributed by atoms with Crippen molar-refractivity contribution in [1.82, 2.24) is 5.32 Å². The van der Waals surface area contributed by atoms with E-state index in [1.165, 1.54) is 0 Å². The van der Waals surface area contributed by atoms with Crippen LogP contribution in [0.2, 0.25) is 0 Å². The third-order valence-electron chi connectivity index (χ3n) is 3.79. The monoisotopic (exact) mass is 237 g/mol. The molecule has 0 aromatic heterocycles. The second-order valence-corrected chi connectivity index (χ2v) is 4.98. The van der Waals surface area contributed by atoms with Gasteiger partial charge in [0.25, 0.3) is 0 Å². The van der Waals surface area contributed by atoms with E-state index in [0.717, 1.165) is 25.7 Å². The molecule has 0 aromatic carbocycles. The first-order chi connectivity index (χ1) is 8.18. The average molecular weight is 237 g/mol. The highest BCUT2D eigenvalue weighted by Crippen LogP contribution is 2.27. The SMILES string of the molecule is O=C(O)[C@H]1CC=CC[C@H]1C(=O)NC1CCCC1. The van der Waals surface area contributed by atoms with Gasteiger partial charge in [-0.15, -0.1) is 0 Å². The Bertz CT molecular complexity index is 332. The summed E-state index contributed by atoms with van der Waals surface area (Å²) >= 11 is 0. The maximum Gasteiger partial charge on any atom is 0.307 e. The van der Waals surface area contributed by atoms with Crippen molar-refractivity contribution < 1.29 is 14.7 Å². The van der Waals surface area contributed by atoms with Gasteiger partial charge in [-0.05, 0) is 25.7 Å². The van der Waals surface area contributed by atoms with Crippen molar-refractivity contribution in [2.45, 2.75) is 44.6 Å². The summed E-state index contributed by atoms with van der Waals surface area (Å²) in [5, 5.41) is 12.1. The number of hydrogen-bond acceptors (Lipinski definition) is 2. The molecule has 2 atom stereocenters. The Labute approximate surface area is 101 Å². The first-order valence-electron chi connectivity index (χ1n) is 6.36. The third kappa shape index (κ3) is 2.87. The standard InChI is InChI=1S/C13H19NO3/c15-12(14-9-5-1-2-6-9)10-7-3-4-8-11(10)13(16)17/h3-4,9-11H,1-2,5-8H2,(H,14,15)(H,16,17)/t10-,11+/m1/s1. The van der Waals surface area contributed by atoms with Gasteiger partial charge < -0.3 is 10.4 Å². The van der Waals surface area contributed by atoms with Crippen LogP contribution in [0.5, 0.6) is 0 Å². The number of carboxylic acids is 1. The Balaban J connectivity index is 1.96.